The molecule has 0 aliphatic carbocycles. The molecule has 0 radical (unpaired) electrons. The van der Waals surface area contributed by atoms with Gasteiger partial charge >= 0.3 is 5.97 Å². The van der Waals surface area contributed by atoms with Crippen LogP contribution in [0.3, 0.4) is 0 Å². The van der Waals surface area contributed by atoms with E-state index in [0.29, 0.717) is 13.0 Å². The summed E-state index contributed by atoms with van der Waals surface area (Å²) >= 11 is 0. The van der Waals surface area contributed by atoms with Crippen LogP contribution in [-0.4, -0.2) is 34.5 Å². The molecular formula is C7H12O4. The minimum Gasteiger partial charge on any atom is -0.479 e. The number of hydrogen-bond donors (Lipinski definition) is 2. The van der Waals surface area contributed by atoms with Crippen LogP contribution in [-0.2, 0) is 9.53 Å². The topological polar surface area (TPSA) is 66.8 Å². The summed E-state index contributed by atoms with van der Waals surface area (Å²) in [5.41, 5.74) is -1.73. The van der Waals surface area contributed by atoms with Crippen molar-refractivity contribution in [3.05, 3.63) is 0 Å². The van der Waals surface area contributed by atoms with Gasteiger partial charge in [-0.25, -0.2) is 4.79 Å². The van der Waals surface area contributed by atoms with Crippen LogP contribution in [0.1, 0.15) is 19.8 Å². The molecule has 0 aromatic carbocycles. The van der Waals surface area contributed by atoms with Gasteiger partial charge in [0.15, 0.2) is 5.60 Å². The van der Waals surface area contributed by atoms with E-state index in [-0.39, 0.29) is 0 Å². The van der Waals surface area contributed by atoms with E-state index in [4.69, 9.17) is 9.84 Å². The molecule has 2 atom stereocenters. The maximum atomic E-state index is 10.5. The van der Waals surface area contributed by atoms with Crippen LogP contribution in [0.5, 0.6) is 0 Å². The number of carboxylic acid groups (broad SMARTS) is 1. The van der Waals surface area contributed by atoms with E-state index in [1.54, 1.807) is 0 Å². The third-order valence-electron chi connectivity index (χ3n) is 1.99. The summed E-state index contributed by atoms with van der Waals surface area (Å²) in [5, 5.41) is 17.9. The zero-order chi connectivity index (χ0) is 8.48. The van der Waals surface area contributed by atoms with Crippen molar-refractivity contribution in [2.24, 2.45) is 0 Å². The number of aliphatic hydroxyl groups is 1. The summed E-state index contributed by atoms with van der Waals surface area (Å²) in [4.78, 5) is 10.5. The van der Waals surface area contributed by atoms with Crippen LogP contribution < -0.4 is 0 Å². The Morgan fingerprint density at radius 2 is 2.36 bits per heavy atom. The molecule has 0 amide bonds. The summed E-state index contributed by atoms with van der Waals surface area (Å²) in [6.45, 7) is 1.82. The van der Waals surface area contributed by atoms with Gasteiger partial charge in [0.2, 0.25) is 0 Å². The number of hydrogen-bond acceptors (Lipinski definition) is 3. The Hall–Kier alpha value is -0.610. The van der Waals surface area contributed by atoms with Crippen molar-refractivity contribution in [3.63, 3.8) is 0 Å². The highest BCUT2D eigenvalue weighted by Crippen LogP contribution is 2.23. The maximum absolute atomic E-state index is 10.5. The first-order valence-electron chi connectivity index (χ1n) is 3.62. The lowest BCUT2D eigenvalue weighted by molar-refractivity contribution is -0.169. The van der Waals surface area contributed by atoms with E-state index in [9.17, 15) is 9.90 Å². The van der Waals surface area contributed by atoms with Crippen LogP contribution in [0.25, 0.3) is 0 Å². The van der Waals surface area contributed by atoms with E-state index in [0.717, 1.165) is 6.42 Å². The molecule has 0 saturated carbocycles. The number of rotatable bonds is 2. The molecule has 4 nitrogen and oxygen atoms in total. The minimum atomic E-state index is -1.73. The smallest absolute Gasteiger partial charge is 0.338 e. The second kappa shape index (κ2) is 2.79. The average Bonchev–Trinajstić information content (AvgIpc) is 2.37. The van der Waals surface area contributed by atoms with Crippen molar-refractivity contribution in [1.82, 2.24) is 0 Å². The van der Waals surface area contributed by atoms with Gasteiger partial charge in [-0.1, -0.05) is 0 Å². The average molecular weight is 160 g/mol. The molecule has 1 aliphatic heterocycles. The molecular weight excluding hydrogens is 148 g/mol. The van der Waals surface area contributed by atoms with Gasteiger partial charge in [0.05, 0.1) is 6.10 Å². The number of aliphatic carboxylic acids is 1. The lowest BCUT2D eigenvalue weighted by atomic mass is 9.97. The molecule has 11 heavy (non-hydrogen) atoms. The summed E-state index contributed by atoms with van der Waals surface area (Å²) in [6.07, 6.45) is 0.910. The van der Waals surface area contributed by atoms with Crippen LogP contribution in [0.4, 0.5) is 0 Å². The first-order chi connectivity index (χ1) is 5.05. The Morgan fingerprint density at radius 1 is 1.73 bits per heavy atom. The summed E-state index contributed by atoms with van der Waals surface area (Å²) in [5.74, 6) is -1.22. The summed E-state index contributed by atoms with van der Waals surface area (Å²) in [7, 11) is 0. The number of carbonyl (C=O) groups is 1. The highest BCUT2D eigenvalue weighted by atomic mass is 16.5. The Labute approximate surface area is 64.8 Å². The zero-order valence-corrected chi connectivity index (χ0v) is 6.41. The molecule has 1 saturated heterocycles. The van der Waals surface area contributed by atoms with Crippen LogP contribution in [0.15, 0.2) is 0 Å². The van der Waals surface area contributed by atoms with E-state index in [1.807, 2.05) is 0 Å². The fraction of sp³-hybridized carbons (Fsp3) is 0.857. The standard InChI is InChI=1S/C7H12O4/c1-7(10,6(8)9)5-3-2-4-11-5/h5,10H,2-4H2,1H3,(H,8,9)/t5-,7-/m0/s1. The summed E-state index contributed by atoms with van der Waals surface area (Å²) in [6, 6.07) is 0. The second-order valence-electron chi connectivity index (χ2n) is 2.95. The molecule has 1 heterocycles. The highest BCUT2D eigenvalue weighted by Gasteiger charge is 2.41. The van der Waals surface area contributed by atoms with Gasteiger partial charge in [-0.05, 0) is 19.8 Å². The van der Waals surface area contributed by atoms with Gasteiger partial charge < -0.3 is 14.9 Å². The molecule has 1 rings (SSSR count). The zero-order valence-electron chi connectivity index (χ0n) is 6.41. The Kier molecular flexibility index (Phi) is 2.15. The predicted molar refractivity (Wildman–Crippen MR) is 37.2 cm³/mol. The molecule has 2 N–H and O–H groups in total. The molecule has 64 valence electrons. The molecule has 1 fully saturated rings. The molecule has 1 aliphatic rings. The summed E-state index contributed by atoms with van der Waals surface area (Å²) < 4.78 is 5.05. The van der Waals surface area contributed by atoms with Gasteiger partial charge in [0, 0.05) is 6.61 Å². The lowest BCUT2D eigenvalue weighted by Crippen LogP contribution is -2.46. The third kappa shape index (κ3) is 1.52. The van der Waals surface area contributed by atoms with Gasteiger partial charge in [-0.3, -0.25) is 0 Å². The van der Waals surface area contributed by atoms with Gasteiger partial charge in [-0.15, -0.1) is 0 Å². The highest BCUT2D eigenvalue weighted by molar-refractivity contribution is 5.77. The van der Waals surface area contributed by atoms with Crippen molar-refractivity contribution in [3.8, 4) is 0 Å². The van der Waals surface area contributed by atoms with Crippen molar-refractivity contribution in [1.29, 1.82) is 0 Å². The van der Waals surface area contributed by atoms with Crippen LogP contribution in [0.2, 0.25) is 0 Å². The second-order valence-corrected chi connectivity index (χ2v) is 2.95. The Morgan fingerprint density at radius 3 is 2.73 bits per heavy atom. The third-order valence-corrected chi connectivity index (χ3v) is 1.99. The first-order valence-corrected chi connectivity index (χ1v) is 3.62. The molecule has 0 bridgehead atoms. The van der Waals surface area contributed by atoms with Gasteiger partial charge in [-0.2, -0.15) is 0 Å². The predicted octanol–water partition coefficient (Wildman–Crippen LogP) is 0.00100. The maximum Gasteiger partial charge on any atom is 0.338 e. The van der Waals surface area contributed by atoms with Crippen molar-refractivity contribution < 1.29 is 19.7 Å². The van der Waals surface area contributed by atoms with Crippen molar-refractivity contribution in [2.45, 2.75) is 31.5 Å². The van der Waals surface area contributed by atoms with Gasteiger partial charge in [0.25, 0.3) is 0 Å². The Bertz CT molecular complexity index is 158. The van der Waals surface area contributed by atoms with Gasteiger partial charge in [0.1, 0.15) is 0 Å². The van der Waals surface area contributed by atoms with Crippen molar-refractivity contribution in [2.75, 3.05) is 6.61 Å². The van der Waals surface area contributed by atoms with Crippen LogP contribution in [0, 0.1) is 0 Å². The molecule has 0 unspecified atom stereocenters. The van der Waals surface area contributed by atoms with E-state index < -0.39 is 17.7 Å². The molecule has 4 heteroatoms. The quantitative estimate of drug-likeness (QED) is 0.596. The largest absolute Gasteiger partial charge is 0.479 e. The molecule has 0 aromatic heterocycles. The van der Waals surface area contributed by atoms with E-state index in [1.165, 1.54) is 6.92 Å². The van der Waals surface area contributed by atoms with Crippen LogP contribution >= 0.6 is 0 Å². The Balaban J connectivity index is 2.62. The van der Waals surface area contributed by atoms with Crippen molar-refractivity contribution >= 4 is 5.97 Å². The van der Waals surface area contributed by atoms with E-state index >= 15 is 0 Å². The fourth-order valence-electron chi connectivity index (χ4n) is 1.16. The molecule has 0 spiro atoms. The SMILES string of the molecule is C[C@@](O)(C(=O)O)[C@@H]1CCCO1. The first kappa shape index (κ1) is 8.49. The molecule has 0 aromatic rings. The monoisotopic (exact) mass is 160 g/mol. The lowest BCUT2D eigenvalue weighted by Gasteiger charge is -2.23. The van der Waals surface area contributed by atoms with E-state index in [2.05, 4.69) is 0 Å². The fourth-order valence-corrected chi connectivity index (χ4v) is 1.16. The normalized spacial score (nSPS) is 29.8. The minimum absolute atomic E-state index is 0.542. The number of carboxylic acids is 1. The number of ether oxygens (including phenoxy) is 1.